The van der Waals surface area contributed by atoms with Crippen LogP contribution in [-0.2, 0) is 0 Å². The number of nitrogens with one attached hydrogen (secondary N) is 1. The molecule has 0 bridgehead atoms. The van der Waals surface area contributed by atoms with Gasteiger partial charge < -0.3 is 10.4 Å². The number of aliphatic hydroxyl groups is 1. The SMILES string of the molecule is CCCCCCCCCC/C=C/C1NC=C[N+]1(CC)C(C)O. The van der Waals surface area contributed by atoms with Crippen LogP contribution in [0.4, 0.5) is 0 Å². The number of likely N-dealkylation sites (N-methyl/N-ethyl adjacent to an activating group) is 1. The van der Waals surface area contributed by atoms with Gasteiger partial charge in [-0.25, -0.2) is 4.48 Å². The van der Waals surface area contributed by atoms with Crippen LogP contribution in [0.5, 0.6) is 0 Å². The highest BCUT2D eigenvalue weighted by Crippen LogP contribution is 2.23. The van der Waals surface area contributed by atoms with Gasteiger partial charge in [0.15, 0.2) is 12.4 Å². The number of hydrogen-bond donors (Lipinski definition) is 2. The highest BCUT2D eigenvalue weighted by Gasteiger charge is 2.39. The van der Waals surface area contributed by atoms with Crippen LogP contribution >= 0.6 is 0 Å². The number of aliphatic hydroxyl groups excluding tert-OH is 1. The number of hydrogen-bond acceptors (Lipinski definition) is 2. The lowest BCUT2D eigenvalue weighted by molar-refractivity contribution is -0.935. The average Bonchev–Trinajstić information content (AvgIpc) is 2.93. The summed E-state index contributed by atoms with van der Waals surface area (Å²) in [5, 5.41) is 13.4. The number of quaternary nitrogens is 1. The van der Waals surface area contributed by atoms with E-state index in [9.17, 15) is 5.11 Å². The number of unbranched alkanes of at least 4 members (excludes halogenated alkanes) is 8. The molecule has 0 aliphatic carbocycles. The molecular weight excluding hydrogens is 272 g/mol. The first-order valence-electron chi connectivity index (χ1n) is 9.33. The van der Waals surface area contributed by atoms with Crippen LogP contribution in [0.1, 0.15) is 78.6 Å². The molecule has 0 fully saturated rings. The molecule has 0 spiro atoms. The summed E-state index contributed by atoms with van der Waals surface area (Å²) in [6.45, 7) is 7.17. The van der Waals surface area contributed by atoms with Crippen LogP contribution in [0.3, 0.4) is 0 Å². The van der Waals surface area contributed by atoms with Crippen LogP contribution in [0.2, 0.25) is 0 Å². The van der Waals surface area contributed by atoms with Crippen LogP contribution in [0.25, 0.3) is 0 Å². The average molecular weight is 310 g/mol. The van der Waals surface area contributed by atoms with Gasteiger partial charge in [-0.15, -0.1) is 0 Å². The molecule has 0 aromatic rings. The van der Waals surface area contributed by atoms with E-state index >= 15 is 0 Å². The third kappa shape index (κ3) is 5.77. The van der Waals surface area contributed by atoms with E-state index in [1.807, 2.05) is 13.1 Å². The fourth-order valence-electron chi connectivity index (χ4n) is 3.27. The second-order valence-electron chi connectivity index (χ2n) is 6.56. The van der Waals surface area contributed by atoms with Gasteiger partial charge in [0, 0.05) is 6.92 Å². The Morgan fingerprint density at radius 2 is 1.73 bits per heavy atom. The van der Waals surface area contributed by atoms with E-state index in [0.717, 1.165) is 13.0 Å². The lowest BCUT2D eigenvalue weighted by Crippen LogP contribution is -2.56. The smallest absolute Gasteiger partial charge is 0.193 e. The van der Waals surface area contributed by atoms with Crippen molar-refractivity contribution in [3.63, 3.8) is 0 Å². The summed E-state index contributed by atoms with van der Waals surface area (Å²) in [5.74, 6) is 0. The summed E-state index contributed by atoms with van der Waals surface area (Å²) >= 11 is 0. The Hall–Kier alpha value is -0.800. The summed E-state index contributed by atoms with van der Waals surface area (Å²) in [4.78, 5) is 0. The molecule has 1 aliphatic heterocycles. The Kier molecular flexibility index (Phi) is 9.49. The Morgan fingerprint density at radius 1 is 1.09 bits per heavy atom. The van der Waals surface area contributed by atoms with E-state index in [1.165, 1.54) is 51.4 Å². The van der Waals surface area contributed by atoms with Crippen molar-refractivity contribution in [3.05, 3.63) is 24.6 Å². The van der Waals surface area contributed by atoms with Crippen LogP contribution in [0, 0.1) is 0 Å². The van der Waals surface area contributed by atoms with Gasteiger partial charge >= 0.3 is 0 Å². The molecule has 3 atom stereocenters. The molecule has 0 aromatic heterocycles. The van der Waals surface area contributed by atoms with Crippen molar-refractivity contribution >= 4 is 0 Å². The molecular formula is C19H37N2O+. The van der Waals surface area contributed by atoms with Crippen molar-refractivity contribution in [1.29, 1.82) is 0 Å². The molecule has 3 nitrogen and oxygen atoms in total. The maximum atomic E-state index is 10.1. The number of rotatable bonds is 12. The lowest BCUT2D eigenvalue weighted by Gasteiger charge is -2.37. The maximum Gasteiger partial charge on any atom is 0.193 e. The highest BCUT2D eigenvalue weighted by molar-refractivity contribution is 4.97. The third-order valence-electron chi connectivity index (χ3n) is 4.92. The van der Waals surface area contributed by atoms with Crippen LogP contribution < -0.4 is 5.32 Å². The Balaban J connectivity index is 2.15. The Bertz CT molecular complexity index is 338. The fourth-order valence-corrected chi connectivity index (χ4v) is 3.27. The van der Waals surface area contributed by atoms with E-state index in [2.05, 4.69) is 37.5 Å². The molecule has 22 heavy (non-hydrogen) atoms. The molecule has 0 amide bonds. The van der Waals surface area contributed by atoms with Crippen molar-refractivity contribution in [2.24, 2.45) is 0 Å². The zero-order valence-corrected chi connectivity index (χ0v) is 14.9. The summed E-state index contributed by atoms with van der Waals surface area (Å²) < 4.78 is 0.591. The molecule has 0 saturated heterocycles. The minimum absolute atomic E-state index is 0.180. The largest absolute Gasteiger partial charge is 0.345 e. The zero-order valence-electron chi connectivity index (χ0n) is 14.9. The van der Waals surface area contributed by atoms with Crippen LogP contribution in [0.15, 0.2) is 24.6 Å². The Morgan fingerprint density at radius 3 is 2.32 bits per heavy atom. The van der Waals surface area contributed by atoms with Gasteiger partial charge in [0.2, 0.25) is 0 Å². The molecule has 1 aliphatic rings. The quantitative estimate of drug-likeness (QED) is 0.312. The third-order valence-corrected chi connectivity index (χ3v) is 4.92. The van der Waals surface area contributed by atoms with Crippen molar-refractivity contribution in [2.45, 2.75) is 91.0 Å². The minimum atomic E-state index is -0.381. The highest BCUT2D eigenvalue weighted by atomic mass is 16.3. The van der Waals surface area contributed by atoms with E-state index in [1.54, 1.807) is 0 Å². The molecule has 0 aromatic carbocycles. The van der Waals surface area contributed by atoms with E-state index in [0.29, 0.717) is 4.48 Å². The van der Waals surface area contributed by atoms with E-state index < -0.39 is 0 Å². The van der Waals surface area contributed by atoms with Gasteiger partial charge in [0.25, 0.3) is 0 Å². The number of allylic oxidation sites excluding steroid dienone is 1. The van der Waals surface area contributed by atoms with Crippen LogP contribution in [-0.4, -0.2) is 28.5 Å². The monoisotopic (exact) mass is 309 g/mol. The van der Waals surface area contributed by atoms with Crippen molar-refractivity contribution in [1.82, 2.24) is 5.32 Å². The molecule has 0 saturated carbocycles. The Labute approximate surface area is 137 Å². The topological polar surface area (TPSA) is 32.3 Å². The lowest BCUT2D eigenvalue weighted by atomic mass is 10.1. The summed E-state index contributed by atoms with van der Waals surface area (Å²) in [6.07, 6.45) is 20.5. The van der Waals surface area contributed by atoms with Crippen molar-refractivity contribution in [3.8, 4) is 0 Å². The van der Waals surface area contributed by atoms with Crippen molar-refractivity contribution < 1.29 is 9.59 Å². The molecule has 0 radical (unpaired) electrons. The molecule has 128 valence electrons. The maximum absolute atomic E-state index is 10.1. The summed E-state index contributed by atoms with van der Waals surface area (Å²) in [5.41, 5.74) is 0. The minimum Gasteiger partial charge on any atom is -0.345 e. The molecule has 2 N–H and O–H groups in total. The second-order valence-corrected chi connectivity index (χ2v) is 6.56. The second kappa shape index (κ2) is 10.8. The normalized spacial score (nSPS) is 25.7. The van der Waals surface area contributed by atoms with E-state index in [4.69, 9.17) is 0 Å². The fraction of sp³-hybridized carbons (Fsp3) is 0.789. The standard InChI is InChI=1S/C19H37N2O/c1-4-6-7-8-9-10-11-12-13-14-15-19-20-16-17-21(19,5-2)18(3)22/h14-20,22H,4-13H2,1-3H3/q+1/b15-14+. The van der Waals surface area contributed by atoms with Gasteiger partial charge in [0.05, 0.1) is 12.7 Å². The molecule has 1 rings (SSSR count). The van der Waals surface area contributed by atoms with Gasteiger partial charge in [-0.3, -0.25) is 0 Å². The first-order valence-corrected chi connectivity index (χ1v) is 9.33. The molecule has 3 heteroatoms. The summed E-state index contributed by atoms with van der Waals surface area (Å²) in [6, 6.07) is 0. The predicted molar refractivity (Wildman–Crippen MR) is 94.9 cm³/mol. The zero-order chi connectivity index (χ0) is 16.3. The summed E-state index contributed by atoms with van der Waals surface area (Å²) in [7, 11) is 0. The first-order chi connectivity index (χ1) is 10.7. The van der Waals surface area contributed by atoms with Crippen molar-refractivity contribution in [2.75, 3.05) is 6.54 Å². The van der Waals surface area contributed by atoms with Gasteiger partial charge in [0.1, 0.15) is 6.20 Å². The molecule has 3 unspecified atom stereocenters. The van der Waals surface area contributed by atoms with Gasteiger partial charge in [-0.05, 0) is 25.8 Å². The van der Waals surface area contributed by atoms with Gasteiger partial charge in [-0.2, -0.15) is 0 Å². The van der Waals surface area contributed by atoms with E-state index in [-0.39, 0.29) is 12.4 Å². The first kappa shape index (κ1) is 19.2. The molecule has 1 heterocycles. The van der Waals surface area contributed by atoms with Gasteiger partial charge in [-0.1, -0.05) is 57.9 Å². The number of nitrogens with zero attached hydrogens (tertiary/aromatic N) is 1. The predicted octanol–water partition coefficient (Wildman–Crippen LogP) is 4.65.